The van der Waals surface area contributed by atoms with Crippen LogP contribution in [0.25, 0.3) is 0 Å². The summed E-state index contributed by atoms with van der Waals surface area (Å²) in [6.45, 7) is 6.42. The number of ether oxygens (including phenoxy) is 3. The van der Waals surface area contributed by atoms with Gasteiger partial charge < -0.3 is 29.3 Å². The highest BCUT2D eigenvalue weighted by atomic mass is 16.5. The Hall–Kier alpha value is -2.65. The molecule has 0 bridgehead atoms. The molecule has 1 N–H and O–H groups in total. The van der Waals surface area contributed by atoms with Crippen molar-refractivity contribution in [3.63, 3.8) is 0 Å². The molecule has 9 heteroatoms. The van der Waals surface area contributed by atoms with Gasteiger partial charge in [0.2, 0.25) is 11.8 Å². The zero-order valence-electron chi connectivity index (χ0n) is 19.1. The number of nitrogens with zero attached hydrogens (tertiary/aromatic N) is 2. The van der Waals surface area contributed by atoms with Crippen molar-refractivity contribution in [1.29, 1.82) is 0 Å². The molecule has 0 saturated carbocycles. The second kappa shape index (κ2) is 11.1. The average Bonchev–Trinajstić information content (AvgIpc) is 2.72. The van der Waals surface area contributed by atoms with Crippen LogP contribution in [0.5, 0.6) is 5.75 Å². The van der Waals surface area contributed by atoms with E-state index >= 15 is 0 Å². The number of amides is 3. The molecule has 3 atom stereocenters. The van der Waals surface area contributed by atoms with Crippen LogP contribution in [0.15, 0.2) is 18.2 Å². The molecule has 1 aliphatic heterocycles. The van der Waals surface area contributed by atoms with E-state index in [1.807, 2.05) is 13.8 Å². The van der Waals surface area contributed by atoms with Crippen molar-refractivity contribution in [2.45, 2.75) is 32.9 Å². The lowest BCUT2D eigenvalue weighted by Crippen LogP contribution is -2.48. The van der Waals surface area contributed by atoms with Crippen molar-refractivity contribution >= 4 is 23.4 Å². The molecule has 2 rings (SSSR count). The fourth-order valence-electron chi connectivity index (χ4n) is 3.62. The van der Waals surface area contributed by atoms with Gasteiger partial charge in [-0.3, -0.25) is 14.4 Å². The Balaban J connectivity index is 2.42. The van der Waals surface area contributed by atoms with E-state index < -0.39 is 0 Å². The summed E-state index contributed by atoms with van der Waals surface area (Å²) < 4.78 is 16.4. The molecule has 0 aliphatic carbocycles. The van der Waals surface area contributed by atoms with Crippen LogP contribution in [0.3, 0.4) is 0 Å². The number of hydrogen-bond donors (Lipinski definition) is 1. The molecule has 172 valence electrons. The minimum Gasteiger partial charge on any atom is -0.491 e. The number of fused-ring (bicyclic) bond motifs is 1. The summed E-state index contributed by atoms with van der Waals surface area (Å²) in [5.74, 6) is -0.222. The van der Waals surface area contributed by atoms with Gasteiger partial charge in [0.1, 0.15) is 19.0 Å². The molecule has 1 aromatic rings. The quantitative estimate of drug-likeness (QED) is 0.772. The summed E-state index contributed by atoms with van der Waals surface area (Å²) in [4.78, 5) is 40.7. The molecule has 0 spiro atoms. The third-order valence-corrected chi connectivity index (χ3v) is 5.41. The maximum Gasteiger partial charge on any atom is 0.257 e. The predicted molar refractivity (Wildman–Crippen MR) is 116 cm³/mol. The minimum atomic E-state index is -0.323. The van der Waals surface area contributed by atoms with Crippen LogP contribution in [0.1, 0.15) is 31.1 Å². The fraction of sp³-hybridized carbons (Fsp3) is 0.591. The number of nitrogens with one attached hydrogen (secondary N) is 1. The summed E-state index contributed by atoms with van der Waals surface area (Å²) in [7, 11) is 4.73. The molecule has 31 heavy (non-hydrogen) atoms. The van der Waals surface area contributed by atoms with Crippen LogP contribution in [0.2, 0.25) is 0 Å². The lowest BCUT2D eigenvalue weighted by Gasteiger charge is -2.35. The normalized spacial score (nSPS) is 22.6. The van der Waals surface area contributed by atoms with Gasteiger partial charge in [-0.2, -0.15) is 0 Å². The van der Waals surface area contributed by atoms with Crippen LogP contribution < -0.4 is 10.1 Å². The fourth-order valence-corrected chi connectivity index (χ4v) is 3.62. The first kappa shape index (κ1) is 24.6. The Bertz CT molecular complexity index is 799. The Kier molecular flexibility index (Phi) is 8.82. The molecule has 0 radical (unpaired) electrons. The second-order valence-electron chi connectivity index (χ2n) is 7.96. The molecule has 1 aliphatic rings. The van der Waals surface area contributed by atoms with E-state index in [2.05, 4.69) is 5.32 Å². The van der Waals surface area contributed by atoms with E-state index in [1.165, 1.54) is 14.0 Å². The summed E-state index contributed by atoms with van der Waals surface area (Å²) in [5, 5.41) is 2.70. The van der Waals surface area contributed by atoms with Crippen molar-refractivity contribution in [2.75, 3.05) is 52.9 Å². The lowest BCUT2D eigenvalue weighted by molar-refractivity contribution is -0.133. The largest absolute Gasteiger partial charge is 0.491 e. The Morgan fingerprint density at radius 2 is 1.94 bits per heavy atom. The van der Waals surface area contributed by atoms with Crippen molar-refractivity contribution in [1.82, 2.24) is 9.80 Å². The monoisotopic (exact) mass is 435 g/mol. The Morgan fingerprint density at radius 3 is 2.55 bits per heavy atom. The molecule has 0 unspecified atom stereocenters. The van der Waals surface area contributed by atoms with Gasteiger partial charge in [0.15, 0.2) is 0 Å². The molecule has 0 fully saturated rings. The van der Waals surface area contributed by atoms with Crippen LogP contribution in [-0.4, -0.2) is 87.2 Å². The van der Waals surface area contributed by atoms with Gasteiger partial charge in [0.25, 0.3) is 5.91 Å². The molecular formula is C22H33N3O6. The van der Waals surface area contributed by atoms with Crippen LogP contribution in [0.4, 0.5) is 5.69 Å². The lowest BCUT2D eigenvalue weighted by atomic mass is 10.0. The van der Waals surface area contributed by atoms with Crippen LogP contribution >= 0.6 is 0 Å². The van der Waals surface area contributed by atoms with E-state index in [1.54, 1.807) is 42.2 Å². The van der Waals surface area contributed by atoms with Gasteiger partial charge in [-0.1, -0.05) is 6.92 Å². The third-order valence-electron chi connectivity index (χ3n) is 5.41. The molecule has 0 saturated heterocycles. The molecule has 1 heterocycles. The van der Waals surface area contributed by atoms with Crippen LogP contribution in [-0.2, 0) is 19.1 Å². The number of methoxy groups -OCH3 is 2. The highest BCUT2D eigenvalue weighted by Crippen LogP contribution is 2.26. The first-order chi connectivity index (χ1) is 14.7. The summed E-state index contributed by atoms with van der Waals surface area (Å²) in [5.41, 5.74) is 0.788. The molecular weight excluding hydrogens is 402 g/mol. The highest BCUT2D eigenvalue weighted by molar-refractivity contribution is 5.99. The van der Waals surface area contributed by atoms with Gasteiger partial charge in [-0.25, -0.2) is 0 Å². The maximum absolute atomic E-state index is 13.2. The van der Waals surface area contributed by atoms with E-state index in [-0.39, 0.29) is 49.0 Å². The smallest absolute Gasteiger partial charge is 0.257 e. The molecule has 3 amide bonds. The number of benzene rings is 1. The standard InChI is InChI=1S/C22H33N3O6/c1-14-10-25(16(3)26)15(2)12-31-19-8-7-17(23-21(27)13-29-5)9-18(19)22(28)24(4)11-20(14)30-6/h7-9,14-15,20H,10-13H2,1-6H3,(H,23,27)/t14-,15-,20-/m1/s1. The number of anilines is 1. The van der Waals surface area contributed by atoms with Crippen molar-refractivity contribution in [3.05, 3.63) is 23.8 Å². The zero-order valence-corrected chi connectivity index (χ0v) is 19.1. The number of carbonyl (C=O) groups is 3. The van der Waals surface area contributed by atoms with Crippen molar-refractivity contribution in [2.24, 2.45) is 5.92 Å². The first-order valence-electron chi connectivity index (χ1n) is 10.3. The molecule has 1 aromatic carbocycles. The summed E-state index contributed by atoms with van der Waals surface area (Å²) in [6, 6.07) is 4.71. The van der Waals surface area contributed by atoms with Gasteiger partial charge >= 0.3 is 0 Å². The van der Waals surface area contributed by atoms with Crippen molar-refractivity contribution < 1.29 is 28.6 Å². The topological polar surface area (TPSA) is 97.4 Å². The Labute approximate surface area is 183 Å². The summed E-state index contributed by atoms with van der Waals surface area (Å²) in [6.07, 6.45) is -0.253. The first-order valence-corrected chi connectivity index (χ1v) is 10.3. The Morgan fingerprint density at radius 1 is 1.23 bits per heavy atom. The van der Waals surface area contributed by atoms with Gasteiger partial charge in [0, 0.05) is 52.9 Å². The number of likely N-dealkylation sites (N-methyl/N-ethyl adjacent to an activating group) is 1. The number of rotatable bonds is 4. The van der Waals surface area contributed by atoms with E-state index in [9.17, 15) is 14.4 Å². The summed E-state index contributed by atoms with van der Waals surface area (Å²) >= 11 is 0. The SMILES string of the molecule is COCC(=O)Nc1ccc2c(c1)C(=O)N(C)C[C@@H](OC)[C@H](C)CN(C(C)=O)[C@H](C)CO2. The maximum atomic E-state index is 13.2. The van der Waals surface area contributed by atoms with Gasteiger partial charge in [0.05, 0.1) is 17.7 Å². The second-order valence-corrected chi connectivity index (χ2v) is 7.96. The minimum absolute atomic E-state index is 0.00478. The molecule has 9 nitrogen and oxygen atoms in total. The zero-order chi connectivity index (χ0) is 23.1. The number of carbonyl (C=O) groups excluding carboxylic acids is 3. The average molecular weight is 436 g/mol. The molecule has 0 aromatic heterocycles. The highest BCUT2D eigenvalue weighted by Gasteiger charge is 2.29. The number of hydrogen-bond acceptors (Lipinski definition) is 6. The van der Waals surface area contributed by atoms with Gasteiger partial charge in [-0.05, 0) is 25.1 Å². The van der Waals surface area contributed by atoms with E-state index in [4.69, 9.17) is 14.2 Å². The van der Waals surface area contributed by atoms with Crippen LogP contribution in [0, 0.1) is 5.92 Å². The third kappa shape index (κ3) is 6.41. The van der Waals surface area contributed by atoms with Gasteiger partial charge in [-0.15, -0.1) is 0 Å². The van der Waals surface area contributed by atoms with Crippen molar-refractivity contribution in [3.8, 4) is 5.75 Å². The van der Waals surface area contributed by atoms with E-state index in [0.29, 0.717) is 30.1 Å². The predicted octanol–water partition coefficient (Wildman–Crippen LogP) is 1.62. The van der Waals surface area contributed by atoms with E-state index in [0.717, 1.165) is 0 Å².